The van der Waals surface area contributed by atoms with E-state index >= 15 is 0 Å². The molecule has 0 spiro atoms. The molecule has 1 N–H and O–H groups in total. The van der Waals surface area contributed by atoms with Gasteiger partial charge < -0.3 is 5.32 Å². The summed E-state index contributed by atoms with van der Waals surface area (Å²) in [6, 6.07) is 6.80. The van der Waals surface area contributed by atoms with Crippen LogP contribution in [0.5, 0.6) is 0 Å². The van der Waals surface area contributed by atoms with Crippen LogP contribution in [-0.4, -0.2) is 18.3 Å². The highest BCUT2D eigenvalue weighted by molar-refractivity contribution is 8.00. The molecule has 0 aromatic heterocycles. The van der Waals surface area contributed by atoms with Gasteiger partial charge in [0, 0.05) is 16.7 Å². The molecule has 1 unspecified atom stereocenters. The summed E-state index contributed by atoms with van der Waals surface area (Å²) in [6.45, 7) is 3.38. The average molecular weight is 223 g/mol. The monoisotopic (exact) mass is 223 g/mol. The lowest BCUT2D eigenvalue weighted by Crippen LogP contribution is -2.22. The van der Waals surface area contributed by atoms with Crippen LogP contribution in [0.1, 0.15) is 6.92 Å². The molecule has 0 aliphatic rings. The lowest BCUT2D eigenvalue weighted by atomic mass is 10.3. The summed E-state index contributed by atoms with van der Waals surface area (Å²) in [5.41, 5.74) is 0. The fourth-order valence-corrected chi connectivity index (χ4v) is 2.12. The third-order valence-electron chi connectivity index (χ3n) is 1.82. The first-order chi connectivity index (χ1) is 7.24. The van der Waals surface area contributed by atoms with Gasteiger partial charge in [0.1, 0.15) is 5.82 Å². The van der Waals surface area contributed by atoms with Gasteiger partial charge in [0.15, 0.2) is 0 Å². The highest BCUT2D eigenvalue weighted by atomic mass is 32.2. The summed E-state index contributed by atoms with van der Waals surface area (Å²) in [7, 11) is 0. The molecule has 1 aromatic rings. The first-order valence-electron chi connectivity index (χ1n) is 4.79. The number of hydrogen-bond acceptors (Lipinski definition) is 2. The van der Waals surface area contributed by atoms with Gasteiger partial charge in [0.05, 0.1) is 6.54 Å². The van der Waals surface area contributed by atoms with Gasteiger partial charge in [-0.3, -0.25) is 0 Å². The fraction of sp³-hybridized carbons (Fsp3) is 0.333. The van der Waals surface area contributed by atoms with Crippen LogP contribution in [0.15, 0.2) is 29.2 Å². The summed E-state index contributed by atoms with van der Waals surface area (Å²) in [5, 5.41) is 3.40. The molecule has 0 fully saturated rings. The molecule has 0 aliphatic heterocycles. The maximum Gasteiger partial charge on any atom is 0.136 e. The minimum absolute atomic E-state index is 0.161. The molecule has 0 saturated heterocycles. The Hall–Kier alpha value is -0.980. The molecule has 0 heterocycles. The van der Waals surface area contributed by atoms with Crippen LogP contribution < -0.4 is 5.32 Å². The molecule has 0 amide bonds. The molecule has 1 aromatic carbocycles. The molecule has 0 radical (unpaired) electrons. The summed E-state index contributed by atoms with van der Waals surface area (Å²) >= 11 is 1.51. The molecule has 3 heteroatoms. The number of hydrogen-bond donors (Lipinski definition) is 1. The Morgan fingerprint density at radius 1 is 1.53 bits per heavy atom. The van der Waals surface area contributed by atoms with Gasteiger partial charge in [-0.25, -0.2) is 4.39 Å². The van der Waals surface area contributed by atoms with E-state index < -0.39 is 0 Å². The van der Waals surface area contributed by atoms with Crippen molar-refractivity contribution in [1.82, 2.24) is 5.32 Å². The van der Waals surface area contributed by atoms with Crippen molar-refractivity contribution in [3.63, 3.8) is 0 Å². The van der Waals surface area contributed by atoms with Crippen LogP contribution in [0.2, 0.25) is 0 Å². The second-order valence-electron chi connectivity index (χ2n) is 3.19. The number of terminal acetylenes is 1. The van der Waals surface area contributed by atoms with E-state index in [1.54, 1.807) is 12.1 Å². The predicted octanol–water partition coefficient (Wildman–Crippen LogP) is 2.53. The maximum absolute atomic E-state index is 13.3. The summed E-state index contributed by atoms with van der Waals surface area (Å²) < 4.78 is 13.3. The SMILES string of the molecule is C#CCNCC(C)Sc1ccccc1F. The first-order valence-corrected chi connectivity index (χ1v) is 5.67. The largest absolute Gasteiger partial charge is 0.305 e. The van der Waals surface area contributed by atoms with E-state index in [2.05, 4.69) is 11.2 Å². The Labute approximate surface area is 94.5 Å². The van der Waals surface area contributed by atoms with Crippen LogP contribution in [0.4, 0.5) is 4.39 Å². The second kappa shape index (κ2) is 6.49. The molecule has 1 atom stereocenters. The zero-order valence-corrected chi connectivity index (χ0v) is 9.48. The van der Waals surface area contributed by atoms with E-state index in [0.717, 1.165) is 6.54 Å². The maximum atomic E-state index is 13.3. The van der Waals surface area contributed by atoms with E-state index in [4.69, 9.17) is 6.42 Å². The number of rotatable bonds is 5. The highest BCUT2D eigenvalue weighted by Gasteiger charge is 2.07. The Morgan fingerprint density at radius 2 is 2.27 bits per heavy atom. The molecule has 80 valence electrons. The van der Waals surface area contributed by atoms with E-state index in [0.29, 0.717) is 16.7 Å². The lowest BCUT2D eigenvalue weighted by molar-refractivity contribution is 0.601. The van der Waals surface area contributed by atoms with Crippen molar-refractivity contribution in [2.45, 2.75) is 17.1 Å². The van der Waals surface area contributed by atoms with E-state index in [1.165, 1.54) is 17.8 Å². The summed E-state index contributed by atoms with van der Waals surface area (Å²) in [5.74, 6) is 2.34. The predicted molar refractivity (Wildman–Crippen MR) is 63.4 cm³/mol. The molecule has 1 rings (SSSR count). The van der Waals surface area contributed by atoms with Crippen LogP contribution >= 0.6 is 11.8 Å². The highest BCUT2D eigenvalue weighted by Crippen LogP contribution is 2.25. The molecule has 0 saturated carbocycles. The van der Waals surface area contributed by atoms with Gasteiger partial charge >= 0.3 is 0 Å². The van der Waals surface area contributed by atoms with Gasteiger partial charge in [0.25, 0.3) is 0 Å². The van der Waals surface area contributed by atoms with Crippen molar-refractivity contribution in [2.75, 3.05) is 13.1 Å². The fourth-order valence-electron chi connectivity index (χ4n) is 1.15. The van der Waals surface area contributed by atoms with Crippen LogP contribution in [0.25, 0.3) is 0 Å². The minimum Gasteiger partial charge on any atom is -0.305 e. The van der Waals surface area contributed by atoms with Gasteiger partial charge in [-0.15, -0.1) is 18.2 Å². The first kappa shape index (κ1) is 12.1. The smallest absolute Gasteiger partial charge is 0.136 e. The number of nitrogens with one attached hydrogen (secondary N) is 1. The van der Waals surface area contributed by atoms with E-state index in [1.807, 2.05) is 13.0 Å². The quantitative estimate of drug-likeness (QED) is 0.468. The standard InChI is InChI=1S/C12H14FNS/c1-3-8-14-9-10(2)15-12-7-5-4-6-11(12)13/h1,4-7,10,14H,8-9H2,2H3. The average Bonchev–Trinajstić information content (AvgIpc) is 2.22. The Balaban J connectivity index is 2.41. The summed E-state index contributed by atoms with van der Waals surface area (Å²) in [6.07, 6.45) is 5.11. The third kappa shape index (κ3) is 4.37. The Bertz CT molecular complexity index is 346. The normalized spacial score (nSPS) is 12.1. The van der Waals surface area contributed by atoms with Gasteiger partial charge in [-0.05, 0) is 12.1 Å². The van der Waals surface area contributed by atoms with Gasteiger partial charge in [-0.2, -0.15) is 0 Å². The third-order valence-corrected chi connectivity index (χ3v) is 2.98. The van der Waals surface area contributed by atoms with E-state index in [-0.39, 0.29) is 5.82 Å². The van der Waals surface area contributed by atoms with Crippen molar-refractivity contribution in [3.8, 4) is 12.3 Å². The van der Waals surface area contributed by atoms with Gasteiger partial charge in [0.2, 0.25) is 0 Å². The van der Waals surface area contributed by atoms with Gasteiger partial charge in [-0.1, -0.05) is 25.0 Å². The number of benzene rings is 1. The lowest BCUT2D eigenvalue weighted by Gasteiger charge is -2.11. The zero-order valence-electron chi connectivity index (χ0n) is 8.66. The van der Waals surface area contributed by atoms with Crippen LogP contribution in [0, 0.1) is 18.2 Å². The van der Waals surface area contributed by atoms with Crippen molar-refractivity contribution in [2.24, 2.45) is 0 Å². The minimum atomic E-state index is -0.161. The van der Waals surface area contributed by atoms with Crippen molar-refractivity contribution in [1.29, 1.82) is 0 Å². The zero-order chi connectivity index (χ0) is 11.1. The van der Waals surface area contributed by atoms with Crippen molar-refractivity contribution < 1.29 is 4.39 Å². The molecule has 15 heavy (non-hydrogen) atoms. The number of thioether (sulfide) groups is 1. The molecule has 0 aliphatic carbocycles. The number of halogens is 1. The molecule has 0 bridgehead atoms. The second-order valence-corrected chi connectivity index (χ2v) is 4.67. The van der Waals surface area contributed by atoms with Crippen molar-refractivity contribution in [3.05, 3.63) is 30.1 Å². The van der Waals surface area contributed by atoms with E-state index in [9.17, 15) is 4.39 Å². The molecular weight excluding hydrogens is 209 g/mol. The topological polar surface area (TPSA) is 12.0 Å². The molecule has 1 nitrogen and oxygen atoms in total. The Morgan fingerprint density at radius 3 is 2.93 bits per heavy atom. The van der Waals surface area contributed by atoms with Crippen LogP contribution in [-0.2, 0) is 0 Å². The summed E-state index contributed by atoms with van der Waals surface area (Å²) in [4.78, 5) is 0.688. The van der Waals surface area contributed by atoms with Crippen LogP contribution in [0.3, 0.4) is 0 Å². The van der Waals surface area contributed by atoms with Crippen molar-refractivity contribution >= 4 is 11.8 Å². The Kier molecular flexibility index (Phi) is 5.23. The molecular formula is C12H14FNS.